The summed E-state index contributed by atoms with van der Waals surface area (Å²) >= 11 is 3.77. The van der Waals surface area contributed by atoms with Crippen LogP contribution in [0.5, 0.6) is 0 Å². The van der Waals surface area contributed by atoms with E-state index < -0.39 is 5.97 Å². The second-order valence-electron chi connectivity index (χ2n) is 0.641. The maximum absolute atomic E-state index is 9.72. The van der Waals surface area contributed by atoms with Gasteiger partial charge in [0.2, 0.25) is 0 Å². The van der Waals surface area contributed by atoms with E-state index in [2.05, 4.69) is 42.2 Å². The Labute approximate surface area is 59.5 Å². The maximum atomic E-state index is 9.72. The van der Waals surface area contributed by atoms with Crippen molar-refractivity contribution in [3.63, 3.8) is 0 Å². The molecule has 0 unspecified atom stereocenters. The van der Waals surface area contributed by atoms with Crippen molar-refractivity contribution in [1.29, 1.82) is 0 Å². The van der Waals surface area contributed by atoms with Gasteiger partial charge in [-0.15, -0.1) is 0 Å². The van der Waals surface area contributed by atoms with Gasteiger partial charge in [0.25, 0.3) is 0 Å². The first-order valence-corrected chi connectivity index (χ1v) is 2.86. The van der Waals surface area contributed by atoms with Gasteiger partial charge in [-0.05, 0) is 0 Å². The first-order chi connectivity index (χ1) is 3.81. The Balaban J connectivity index is 0. The van der Waals surface area contributed by atoms with Gasteiger partial charge in [0.15, 0.2) is 0 Å². The number of hydrogen-bond donors (Lipinski definition) is 1. The van der Waals surface area contributed by atoms with Crippen LogP contribution in [0.4, 0.5) is 0 Å². The average molecular weight is 183 g/mol. The van der Waals surface area contributed by atoms with E-state index in [0.717, 1.165) is 6.08 Å². The van der Waals surface area contributed by atoms with Crippen molar-refractivity contribution in [3.8, 4) is 0 Å². The van der Waals surface area contributed by atoms with E-state index in [0.29, 0.717) is 0 Å². The Kier molecular flexibility index (Phi) is 13.5. The molecule has 0 heterocycles. The molecule has 0 rings (SSSR count). The van der Waals surface area contributed by atoms with Crippen LogP contribution in [0.15, 0.2) is 12.7 Å². The minimum absolute atomic E-state index is 0.616. The second kappa shape index (κ2) is 10.0. The summed E-state index contributed by atoms with van der Waals surface area (Å²) in [7, 11) is 3.65. The van der Waals surface area contributed by atoms with Crippen LogP contribution in [0.3, 0.4) is 0 Å². The minimum atomic E-state index is -0.616. The Hall–Kier alpha value is -0.0905. The zero-order valence-corrected chi connectivity index (χ0v) is 5.65. The summed E-state index contributed by atoms with van der Waals surface area (Å²) in [6.45, 7) is 3.08. The first-order valence-electron chi connectivity index (χ1n) is 1.46. The molecule has 5 heteroatoms. The van der Waals surface area contributed by atoms with Gasteiger partial charge in [0.05, 0.1) is 0 Å². The molecule has 8 heavy (non-hydrogen) atoms. The molecule has 0 saturated heterocycles. The van der Waals surface area contributed by atoms with Crippen molar-refractivity contribution in [3.05, 3.63) is 12.7 Å². The summed E-state index contributed by atoms with van der Waals surface area (Å²) in [4.78, 5) is 13.4. The van der Waals surface area contributed by atoms with E-state index in [4.69, 9.17) is 0 Å². The fourth-order valence-corrected chi connectivity index (χ4v) is 0.0481. The molecule has 0 saturated carbocycles. The number of carbonyl (C=O) groups excluding carboxylic acids is 1. The van der Waals surface area contributed by atoms with Gasteiger partial charge in [-0.25, -0.2) is 4.79 Å². The summed E-state index contributed by atoms with van der Waals surface area (Å²) in [6, 6.07) is 0. The van der Waals surface area contributed by atoms with E-state index in [-0.39, 0.29) is 0 Å². The molecule has 2 N–H and O–H groups in total. The molecule has 0 aliphatic heterocycles. The number of nitrogens with two attached hydrogens (primary N) is 1. The molecule has 0 fully saturated rings. The molecule has 0 radical (unpaired) electrons. The molecule has 51 valence electrons. The zero-order chi connectivity index (χ0) is 6.99. The quantitative estimate of drug-likeness (QED) is 0.359. The van der Waals surface area contributed by atoms with Crippen molar-refractivity contribution >= 4 is 16.5 Å². The number of carbonyl (C=O) groups is 1. The van der Waals surface area contributed by atoms with Gasteiger partial charge in [-0.1, -0.05) is 6.58 Å². The van der Waals surface area contributed by atoms with Crippen molar-refractivity contribution in [2.75, 3.05) is 0 Å². The molecule has 0 aliphatic rings. The van der Waals surface area contributed by atoms with Crippen LogP contribution in [0.1, 0.15) is 0 Å². The Morgan fingerprint density at radius 2 is 2.25 bits per heavy atom. The zero-order valence-electron chi connectivity index (χ0n) is 3.89. The fraction of sp³-hybridized carbons (Fsp3) is 0. The van der Waals surface area contributed by atoms with E-state index in [1.54, 1.807) is 0 Å². The van der Waals surface area contributed by atoms with Gasteiger partial charge < -0.3 is 4.84 Å². The molecule has 0 aromatic carbocycles. The Morgan fingerprint density at radius 1 is 1.88 bits per heavy atom. The molecular formula is C3H5CuNO2S. The van der Waals surface area contributed by atoms with Crippen LogP contribution in [-0.4, -0.2) is 5.97 Å². The van der Waals surface area contributed by atoms with Crippen molar-refractivity contribution in [2.45, 2.75) is 0 Å². The van der Waals surface area contributed by atoms with Crippen LogP contribution >= 0.6 is 10.6 Å². The summed E-state index contributed by atoms with van der Waals surface area (Å²) < 4.78 is 0. The topological polar surface area (TPSA) is 52.3 Å². The van der Waals surface area contributed by atoms with Gasteiger partial charge in [0, 0.05) is 6.08 Å². The van der Waals surface area contributed by atoms with Gasteiger partial charge in [0.1, 0.15) is 0 Å². The van der Waals surface area contributed by atoms with Crippen LogP contribution in [0, 0.1) is 0 Å². The normalized spacial score (nSPS) is 5.88. The van der Waals surface area contributed by atoms with E-state index in [1.807, 2.05) is 0 Å². The third kappa shape index (κ3) is 9.32. The molecular weight excluding hydrogens is 178 g/mol. The number of rotatable bonds is 1. The molecule has 0 aromatic heterocycles. The summed E-state index contributed by atoms with van der Waals surface area (Å²) in [5.74, 6) is 3.75. The molecule has 0 atom stereocenters. The van der Waals surface area contributed by atoms with Crippen molar-refractivity contribution in [2.24, 2.45) is 5.90 Å². The van der Waals surface area contributed by atoms with Crippen LogP contribution in [0.2, 0.25) is 0 Å². The van der Waals surface area contributed by atoms with Gasteiger partial charge in [-0.3, -0.25) is 0 Å². The van der Waals surface area contributed by atoms with E-state index in [9.17, 15) is 4.79 Å². The predicted molar refractivity (Wildman–Crippen MR) is 28.1 cm³/mol. The molecule has 0 spiro atoms. The second-order valence-corrected chi connectivity index (χ2v) is 0.641. The molecule has 0 aliphatic carbocycles. The summed E-state index contributed by atoms with van der Waals surface area (Å²) in [6.07, 6.45) is 0.986. The van der Waals surface area contributed by atoms with Gasteiger partial charge >= 0.3 is 30.9 Å². The van der Waals surface area contributed by atoms with Crippen molar-refractivity contribution in [1.82, 2.24) is 0 Å². The number of hydrogen-bond acceptors (Lipinski definition) is 4. The molecule has 3 nitrogen and oxygen atoms in total. The van der Waals surface area contributed by atoms with E-state index in [1.165, 1.54) is 0 Å². The SMILES string of the molecule is C=CC(=O)ON.[S]=[Cu]. The molecule has 0 bridgehead atoms. The monoisotopic (exact) mass is 182 g/mol. The average Bonchev–Trinajstić information content (AvgIpc) is 1.91. The fourth-order valence-electron chi connectivity index (χ4n) is 0.0481. The third-order valence-corrected chi connectivity index (χ3v) is 0.283. The Bertz CT molecular complexity index is 87.4. The molecule has 0 aromatic rings. The Morgan fingerprint density at radius 3 is 2.25 bits per heavy atom. The first kappa shape index (κ1) is 10.8. The van der Waals surface area contributed by atoms with Crippen LogP contribution < -0.4 is 5.90 Å². The van der Waals surface area contributed by atoms with E-state index >= 15 is 0 Å². The predicted octanol–water partition coefficient (Wildman–Crippen LogP) is 0.235. The van der Waals surface area contributed by atoms with Crippen LogP contribution in [0.25, 0.3) is 0 Å². The summed E-state index contributed by atoms with van der Waals surface area (Å²) in [5, 5.41) is 0. The van der Waals surface area contributed by atoms with Crippen molar-refractivity contribution < 1.29 is 24.0 Å². The molecule has 0 amide bonds. The standard InChI is InChI=1S/C3H5NO2.Cu.S/c1-2-3(5)6-4;;/h2H,1,4H2;;. The van der Waals surface area contributed by atoms with Gasteiger partial charge in [-0.2, -0.15) is 5.90 Å². The van der Waals surface area contributed by atoms with Crippen LogP contribution in [-0.2, 0) is 24.0 Å². The third-order valence-electron chi connectivity index (χ3n) is 0.283. The summed E-state index contributed by atoms with van der Waals surface area (Å²) in [5.41, 5.74) is 0.